The maximum Gasteiger partial charge on any atom is 0.124 e. The number of benzene rings is 1. The molecule has 0 saturated carbocycles. The first-order chi connectivity index (χ1) is 10.2. The third-order valence-corrected chi connectivity index (χ3v) is 4.13. The summed E-state index contributed by atoms with van der Waals surface area (Å²) in [7, 11) is 3.65. The number of fused-ring (bicyclic) bond motifs is 1. The molecule has 1 N–H and O–H groups in total. The Balaban J connectivity index is 1.77. The number of rotatable bonds is 4. The fourth-order valence-corrected chi connectivity index (χ4v) is 2.66. The molecule has 2 aromatic rings. The first-order valence-electron chi connectivity index (χ1n) is 7.20. The molecule has 0 saturated heterocycles. The molecule has 1 unspecified atom stereocenters. The van der Waals surface area contributed by atoms with Crippen LogP contribution in [-0.2, 0) is 13.6 Å². The number of nitrogens with one attached hydrogen (secondary N) is 1. The summed E-state index contributed by atoms with van der Waals surface area (Å²) in [6, 6.07) is 6.26. The molecule has 1 aromatic carbocycles. The summed E-state index contributed by atoms with van der Waals surface area (Å²) >= 11 is 0. The summed E-state index contributed by atoms with van der Waals surface area (Å²) in [5, 5.41) is 7.89. The molecule has 5 nitrogen and oxygen atoms in total. The van der Waals surface area contributed by atoms with E-state index < -0.39 is 0 Å². The van der Waals surface area contributed by atoms with Gasteiger partial charge in [0.05, 0.1) is 19.9 Å². The highest BCUT2D eigenvalue weighted by atomic mass is 16.5. The molecule has 0 amide bonds. The highest BCUT2D eigenvalue weighted by molar-refractivity contribution is 5.43. The van der Waals surface area contributed by atoms with Crippen LogP contribution < -0.4 is 14.8 Å². The van der Waals surface area contributed by atoms with Crippen LogP contribution in [0.1, 0.15) is 29.3 Å². The summed E-state index contributed by atoms with van der Waals surface area (Å²) in [6.07, 6.45) is 2.88. The van der Waals surface area contributed by atoms with Crippen molar-refractivity contribution < 1.29 is 9.47 Å². The lowest BCUT2D eigenvalue weighted by molar-refractivity contribution is 0.251. The van der Waals surface area contributed by atoms with Crippen LogP contribution in [0.3, 0.4) is 0 Å². The van der Waals surface area contributed by atoms with Crippen molar-refractivity contribution in [2.45, 2.75) is 25.9 Å². The van der Waals surface area contributed by atoms with Crippen molar-refractivity contribution in [1.29, 1.82) is 0 Å². The molecule has 1 aliphatic rings. The highest BCUT2D eigenvalue weighted by Crippen LogP contribution is 2.34. The Bertz CT molecular complexity index is 636. The first kappa shape index (κ1) is 13.9. The molecule has 5 heteroatoms. The van der Waals surface area contributed by atoms with Crippen molar-refractivity contribution in [2.24, 2.45) is 7.05 Å². The van der Waals surface area contributed by atoms with Crippen LogP contribution >= 0.6 is 0 Å². The predicted octanol–water partition coefficient (Wildman–Crippen LogP) is 2.35. The van der Waals surface area contributed by atoms with Gasteiger partial charge in [-0.25, -0.2) is 0 Å². The van der Waals surface area contributed by atoms with Gasteiger partial charge < -0.3 is 14.8 Å². The van der Waals surface area contributed by atoms with Crippen LogP contribution in [0.2, 0.25) is 0 Å². The van der Waals surface area contributed by atoms with E-state index in [4.69, 9.17) is 9.47 Å². The maximum absolute atomic E-state index is 5.72. The zero-order valence-corrected chi connectivity index (χ0v) is 12.7. The molecule has 0 bridgehead atoms. The second kappa shape index (κ2) is 5.77. The fraction of sp³-hybridized carbons (Fsp3) is 0.438. The van der Waals surface area contributed by atoms with Gasteiger partial charge in [-0.15, -0.1) is 0 Å². The molecule has 0 radical (unpaired) electrons. The third kappa shape index (κ3) is 2.74. The SMILES string of the molecule is COc1ccc2c(c1)C(NCc1cnn(C)c1C)CCO2. The molecular formula is C16H21N3O2. The van der Waals surface area contributed by atoms with Crippen LogP contribution in [0.25, 0.3) is 0 Å². The number of hydrogen-bond acceptors (Lipinski definition) is 4. The van der Waals surface area contributed by atoms with Gasteiger partial charge in [0, 0.05) is 42.9 Å². The molecular weight excluding hydrogens is 266 g/mol. The van der Waals surface area contributed by atoms with E-state index in [1.54, 1.807) is 7.11 Å². The lowest BCUT2D eigenvalue weighted by Gasteiger charge is -2.27. The first-order valence-corrected chi connectivity index (χ1v) is 7.20. The highest BCUT2D eigenvalue weighted by Gasteiger charge is 2.22. The molecule has 1 atom stereocenters. The minimum atomic E-state index is 0.281. The van der Waals surface area contributed by atoms with Gasteiger partial charge in [-0.3, -0.25) is 4.68 Å². The Morgan fingerprint density at radius 3 is 3.05 bits per heavy atom. The Morgan fingerprint density at radius 1 is 1.48 bits per heavy atom. The van der Waals surface area contributed by atoms with E-state index in [2.05, 4.69) is 23.4 Å². The van der Waals surface area contributed by atoms with Gasteiger partial charge in [0.2, 0.25) is 0 Å². The second-order valence-corrected chi connectivity index (χ2v) is 5.35. The quantitative estimate of drug-likeness (QED) is 0.938. The number of aryl methyl sites for hydroxylation is 1. The van der Waals surface area contributed by atoms with Crippen molar-refractivity contribution in [3.63, 3.8) is 0 Å². The van der Waals surface area contributed by atoms with E-state index in [1.165, 1.54) is 16.8 Å². The molecule has 3 rings (SSSR count). The number of nitrogens with zero attached hydrogens (tertiary/aromatic N) is 2. The fourth-order valence-electron chi connectivity index (χ4n) is 2.66. The van der Waals surface area contributed by atoms with Crippen LogP contribution in [-0.4, -0.2) is 23.5 Å². The van der Waals surface area contributed by atoms with Gasteiger partial charge in [-0.05, 0) is 25.1 Å². The lowest BCUT2D eigenvalue weighted by Crippen LogP contribution is -2.27. The number of hydrogen-bond donors (Lipinski definition) is 1. The predicted molar refractivity (Wildman–Crippen MR) is 80.6 cm³/mol. The lowest BCUT2D eigenvalue weighted by atomic mass is 10.00. The van der Waals surface area contributed by atoms with Gasteiger partial charge in [-0.2, -0.15) is 5.10 Å². The van der Waals surface area contributed by atoms with Gasteiger partial charge >= 0.3 is 0 Å². The summed E-state index contributed by atoms with van der Waals surface area (Å²) in [4.78, 5) is 0. The number of methoxy groups -OCH3 is 1. The molecule has 2 heterocycles. The average molecular weight is 287 g/mol. The van der Waals surface area contributed by atoms with Crippen LogP contribution in [0.4, 0.5) is 0 Å². The monoisotopic (exact) mass is 287 g/mol. The number of aromatic nitrogens is 2. The van der Waals surface area contributed by atoms with Crippen molar-refractivity contribution >= 4 is 0 Å². The van der Waals surface area contributed by atoms with Crippen molar-refractivity contribution in [3.05, 3.63) is 41.2 Å². The Hall–Kier alpha value is -2.01. The standard InChI is InChI=1S/C16H21N3O2/c1-11-12(10-18-19(11)2)9-17-15-6-7-21-16-5-4-13(20-3)8-14(15)16/h4-5,8,10,15,17H,6-7,9H2,1-3H3. The zero-order valence-electron chi connectivity index (χ0n) is 12.7. The Kier molecular flexibility index (Phi) is 3.84. The third-order valence-electron chi connectivity index (χ3n) is 4.13. The molecule has 1 aliphatic heterocycles. The van der Waals surface area contributed by atoms with Crippen molar-refractivity contribution in [1.82, 2.24) is 15.1 Å². The van der Waals surface area contributed by atoms with Crippen LogP contribution in [0, 0.1) is 6.92 Å². The van der Waals surface area contributed by atoms with Crippen molar-refractivity contribution in [2.75, 3.05) is 13.7 Å². The van der Waals surface area contributed by atoms with E-state index in [1.807, 2.05) is 30.1 Å². The minimum Gasteiger partial charge on any atom is -0.497 e. The second-order valence-electron chi connectivity index (χ2n) is 5.35. The number of ether oxygens (including phenoxy) is 2. The summed E-state index contributed by atoms with van der Waals surface area (Å²) < 4.78 is 12.9. The smallest absolute Gasteiger partial charge is 0.124 e. The minimum absolute atomic E-state index is 0.281. The largest absolute Gasteiger partial charge is 0.497 e. The molecule has 0 aliphatic carbocycles. The van der Waals surface area contributed by atoms with E-state index in [-0.39, 0.29) is 6.04 Å². The normalized spacial score (nSPS) is 17.2. The van der Waals surface area contributed by atoms with E-state index >= 15 is 0 Å². The van der Waals surface area contributed by atoms with E-state index in [9.17, 15) is 0 Å². The van der Waals surface area contributed by atoms with E-state index in [0.717, 1.165) is 31.1 Å². The van der Waals surface area contributed by atoms with Gasteiger partial charge in [0.1, 0.15) is 11.5 Å². The zero-order chi connectivity index (χ0) is 14.8. The average Bonchev–Trinajstić information content (AvgIpc) is 2.84. The molecule has 1 aromatic heterocycles. The van der Waals surface area contributed by atoms with Gasteiger partial charge in [0.25, 0.3) is 0 Å². The van der Waals surface area contributed by atoms with Gasteiger partial charge in [0.15, 0.2) is 0 Å². The summed E-state index contributed by atoms with van der Waals surface area (Å²) in [5.74, 6) is 1.81. The topological polar surface area (TPSA) is 48.3 Å². The Labute approximate surface area is 124 Å². The molecule has 112 valence electrons. The van der Waals surface area contributed by atoms with Gasteiger partial charge in [-0.1, -0.05) is 0 Å². The molecule has 0 fully saturated rings. The maximum atomic E-state index is 5.72. The molecule has 0 spiro atoms. The van der Waals surface area contributed by atoms with Crippen LogP contribution in [0.5, 0.6) is 11.5 Å². The van der Waals surface area contributed by atoms with E-state index in [0.29, 0.717) is 0 Å². The van der Waals surface area contributed by atoms with Crippen molar-refractivity contribution in [3.8, 4) is 11.5 Å². The molecule has 21 heavy (non-hydrogen) atoms. The summed E-state index contributed by atoms with van der Waals surface area (Å²) in [5.41, 5.74) is 3.59. The Morgan fingerprint density at radius 2 is 2.33 bits per heavy atom. The summed E-state index contributed by atoms with van der Waals surface area (Å²) in [6.45, 7) is 3.63. The van der Waals surface area contributed by atoms with Crippen LogP contribution in [0.15, 0.2) is 24.4 Å².